The van der Waals surface area contributed by atoms with E-state index in [0.717, 1.165) is 13.0 Å². The van der Waals surface area contributed by atoms with Crippen LogP contribution in [0, 0.1) is 0 Å². The maximum absolute atomic E-state index is 12.3. The highest BCUT2D eigenvalue weighted by atomic mass is 16.4. The van der Waals surface area contributed by atoms with Gasteiger partial charge >= 0.3 is 12.0 Å². The molecule has 0 heterocycles. The van der Waals surface area contributed by atoms with Crippen molar-refractivity contribution in [3.8, 4) is 0 Å². The van der Waals surface area contributed by atoms with Gasteiger partial charge in [-0.2, -0.15) is 0 Å². The zero-order valence-electron chi connectivity index (χ0n) is 12.0. The lowest BCUT2D eigenvalue weighted by Gasteiger charge is -2.32. The predicted molar refractivity (Wildman–Crippen MR) is 71.6 cm³/mol. The number of hydrogen-bond acceptors (Lipinski definition) is 2. The van der Waals surface area contributed by atoms with Gasteiger partial charge in [-0.3, -0.25) is 4.79 Å². The average Bonchev–Trinajstić information content (AvgIpc) is 2.30. The zero-order chi connectivity index (χ0) is 14.1. The van der Waals surface area contributed by atoms with Gasteiger partial charge in [0.05, 0.1) is 0 Å². The minimum Gasteiger partial charge on any atom is -0.481 e. The van der Waals surface area contributed by atoms with Crippen LogP contribution in [0.3, 0.4) is 0 Å². The van der Waals surface area contributed by atoms with Crippen LogP contribution in [-0.4, -0.2) is 52.6 Å². The molecule has 0 bridgehead atoms. The first kappa shape index (κ1) is 16.7. The smallest absolute Gasteiger partial charge is 0.320 e. The SMILES string of the molecule is CCCN(CC)C(=O)N(CCCC(=O)O)C(C)C. The lowest BCUT2D eigenvalue weighted by atomic mass is 10.2. The summed E-state index contributed by atoms with van der Waals surface area (Å²) in [5.41, 5.74) is 0. The summed E-state index contributed by atoms with van der Waals surface area (Å²) in [6, 6.07) is 0.108. The third-order valence-electron chi connectivity index (χ3n) is 2.80. The fourth-order valence-electron chi connectivity index (χ4n) is 1.82. The van der Waals surface area contributed by atoms with Gasteiger partial charge in [0.2, 0.25) is 0 Å². The molecule has 5 nitrogen and oxygen atoms in total. The summed E-state index contributed by atoms with van der Waals surface area (Å²) < 4.78 is 0. The van der Waals surface area contributed by atoms with E-state index < -0.39 is 5.97 Å². The van der Waals surface area contributed by atoms with Crippen LogP contribution in [0.15, 0.2) is 0 Å². The highest BCUT2D eigenvalue weighted by Gasteiger charge is 2.21. The number of amides is 2. The lowest BCUT2D eigenvalue weighted by Crippen LogP contribution is -2.47. The lowest BCUT2D eigenvalue weighted by molar-refractivity contribution is -0.137. The topological polar surface area (TPSA) is 60.9 Å². The molecule has 0 radical (unpaired) electrons. The van der Waals surface area contributed by atoms with E-state index in [1.54, 1.807) is 9.80 Å². The average molecular weight is 258 g/mol. The van der Waals surface area contributed by atoms with Crippen molar-refractivity contribution in [3.63, 3.8) is 0 Å². The molecule has 0 saturated heterocycles. The number of urea groups is 1. The monoisotopic (exact) mass is 258 g/mol. The summed E-state index contributed by atoms with van der Waals surface area (Å²) in [7, 11) is 0. The molecule has 0 fully saturated rings. The largest absolute Gasteiger partial charge is 0.481 e. The minimum absolute atomic E-state index is 0.0136. The first-order chi connectivity index (χ1) is 8.43. The van der Waals surface area contributed by atoms with E-state index in [2.05, 4.69) is 0 Å². The van der Waals surface area contributed by atoms with Crippen molar-refractivity contribution >= 4 is 12.0 Å². The molecule has 0 aliphatic heterocycles. The van der Waals surface area contributed by atoms with Crippen LogP contribution in [0.25, 0.3) is 0 Å². The van der Waals surface area contributed by atoms with E-state index in [4.69, 9.17) is 5.11 Å². The van der Waals surface area contributed by atoms with E-state index >= 15 is 0 Å². The molecule has 0 aliphatic rings. The molecule has 1 N–H and O–H groups in total. The van der Waals surface area contributed by atoms with Gasteiger partial charge in [0.15, 0.2) is 0 Å². The Kier molecular flexibility index (Phi) is 8.16. The number of hydrogen-bond donors (Lipinski definition) is 1. The van der Waals surface area contributed by atoms with Gasteiger partial charge in [0.1, 0.15) is 0 Å². The van der Waals surface area contributed by atoms with Crippen molar-refractivity contribution < 1.29 is 14.7 Å². The van der Waals surface area contributed by atoms with E-state index in [0.29, 0.717) is 19.5 Å². The maximum Gasteiger partial charge on any atom is 0.320 e. The fraction of sp³-hybridized carbons (Fsp3) is 0.846. The second-order valence-electron chi connectivity index (χ2n) is 4.65. The molecule has 0 spiro atoms. The Morgan fingerprint density at radius 1 is 1.17 bits per heavy atom. The van der Waals surface area contributed by atoms with E-state index in [9.17, 15) is 9.59 Å². The molecule has 0 aromatic carbocycles. The molecule has 0 rings (SSSR count). The zero-order valence-corrected chi connectivity index (χ0v) is 12.0. The number of carboxylic acids is 1. The molecule has 0 unspecified atom stereocenters. The van der Waals surface area contributed by atoms with Crippen molar-refractivity contribution in [3.05, 3.63) is 0 Å². The number of nitrogens with zero attached hydrogens (tertiary/aromatic N) is 2. The summed E-state index contributed by atoms with van der Waals surface area (Å²) in [5, 5.41) is 8.63. The van der Waals surface area contributed by atoms with Crippen LogP contribution in [-0.2, 0) is 4.79 Å². The first-order valence-corrected chi connectivity index (χ1v) is 6.71. The molecule has 0 aromatic heterocycles. The number of carboxylic acid groups (broad SMARTS) is 1. The van der Waals surface area contributed by atoms with Crippen LogP contribution in [0.2, 0.25) is 0 Å². The predicted octanol–water partition coefficient (Wildman–Crippen LogP) is 2.41. The quantitative estimate of drug-likeness (QED) is 0.727. The molecule has 0 saturated carbocycles. The van der Waals surface area contributed by atoms with Crippen LogP contribution < -0.4 is 0 Å². The molecule has 0 atom stereocenters. The number of rotatable bonds is 8. The normalized spacial score (nSPS) is 10.5. The molecular weight excluding hydrogens is 232 g/mol. The van der Waals surface area contributed by atoms with Gasteiger partial charge in [-0.15, -0.1) is 0 Å². The molecule has 5 heteroatoms. The van der Waals surface area contributed by atoms with Gasteiger partial charge in [0, 0.05) is 32.1 Å². The molecule has 106 valence electrons. The summed E-state index contributed by atoms with van der Waals surface area (Å²) >= 11 is 0. The standard InChI is InChI=1S/C13H26N2O3/c1-5-9-14(6-2)13(18)15(11(3)4)10-7-8-12(16)17/h11H,5-10H2,1-4H3,(H,16,17). The molecule has 0 aromatic rings. The van der Waals surface area contributed by atoms with Crippen molar-refractivity contribution in [1.82, 2.24) is 9.80 Å². The Balaban J connectivity index is 4.47. The van der Waals surface area contributed by atoms with Gasteiger partial charge in [0.25, 0.3) is 0 Å². The Labute approximate surface area is 110 Å². The van der Waals surface area contributed by atoms with Crippen LogP contribution in [0.1, 0.15) is 47.0 Å². The molecule has 2 amide bonds. The van der Waals surface area contributed by atoms with E-state index in [1.807, 2.05) is 27.7 Å². The van der Waals surface area contributed by atoms with Gasteiger partial charge in [-0.25, -0.2) is 4.79 Å². The van der Waals surface area contributed by atoms with Crippen molar-refractivity contribution in [2.75, 3.05) is 19.6 Å². The summed E-state index contributed by atoms with van der Waals surface area (Å²) in [5.74, 6) is -0.813. The van der Waals surface area contributed by atoms with Crippen LogP contribution in [0.4, 0.5) is 4.79 Å². The van der Waals surface area contributed by atoms with Gasteiger partial charge < -0.3 is 14.9 Å². The Hall–Kier alpha value is -1.26. The number of aliphatic carboxylic acids is 1. The van der Waals surface area contributed by atoms with E-state index in [-0.39, 0.29) is 18.5 Å². The molecular formula is C13H26N2O3. The van der Waals surface area contributed by atoms with Gasteiger partial charge in [-0.05, 0) is 33.6 Å². The van der Waals surface area contributed by atoms with Crippen molar-refractivity contribution in [2.45, 2.75) is 53.0 Å². The Morgan fingerprint density at radius 2 is 1.78 bits per heavy atom. The highest BCUT2D eigenvalue weighted by molar-refractivity contribution is 5.74. The van der Waals surface area contributed by atoms with Gasteiger partial charge in [-0.1, -0.05) is 6.92 Å². The van der Waals surface area contributed by atoms with E-state index in [1.165, 1.54) is 0 Å². The maximum atomic E-state index is 12.3. The second kappa shape index (κ2) is 8.78. The second-order valence-corrected chi connectivity index (χ2v) is 4.65. The summed E-state index contributed by atoms with van der Waals surface area (Å²) in [6.07, 6.45) is 1.54. The van der Waals surface area contributed by atoms with Crippen LogP contribution >= 0.6 is 0 Å². The van der Waals surface area contributed by atoms with Crippen molar-refractivity contribution in [2.24, 2.45) is 0 Å². The fourth-order valence-corrected chi connectivity index (χ4v) is 1.82. The minimum atomic E-state index is -0.813. The number of carbonyl (C=O) groups excluding carboxylic acids is 1. The number of carbonyl (C=O) groups is 2. The highest BCUT2D eigenvalue weighted by Crippen LogP contribution is 2.07. The third-order valence-corrected chi connectivity index (χ3v) is 2.80. The summed E-state index contributed by atoms with van der Waals surface area (Å²) in [4.78, 5) is 26.3. The third kappa shape index (κ3) is 5.89. The Morgan fingerprint density at radius 3 is 2.17 bits per heavy atom. The molecule has 18 heavy (non-hydrogen) atoms. The van der Waals surface area contributed by atoms with Crippen molar-refractivity contribution in [1.29, 1.82) is 0 Å². The first-order valence-electron chi connectivity index (χ1n) is 6.71. The summed E-state index contributed by atoms with van der Waals surface area (Å²) in [6.45, 7) is 9.86. The Bertz CT molecular complexity index is 267. The van der Waals surface area contributed by atoms with Crippen LogP contribution in [0.5, 0.6) is 0 Å². The molecule has 0 aliphatic carbocycles.